The van der Waals surface area contributed by atoms with Crippen LogP contribution in [-0.4, -0.2) is 42.4 Å². The van der Waals surface area contributed by atoms with Crippen molar-refractivity contribution in [1.29, 1.82) is 5.26 Å². The smallest absolute Gasteiger partial charge is 0.243 e. The average molecular weight is 474 g/mol. The van der Waals surface area contributed by atoms with E-state index in [1.165, 1.54) is 5.56 Å². The molecule has 6 nitrogen and oxygen atoms in total. The second kappa shape index (κ2) is 10.9. The first-order valence-electron chi connectivity index (χ1n) is 13.1. The summed E-state index contributed by atoms with van der Waals surface area (Å²) in [4.78, 5) is 7.37. The zero-order valence-corrected chi connectivity index (χ0v) is 20.6. The number of ether oxygens (including phenoxy) is 2. The summed E-state index contributed by atoms with van der Waals surface area (Å²) in [6.45, 7) is 5.65. The number of hydrogen-bond acceptors (Lipinski definition) is 6. The molecule has 0 amide bonds. The Kier molecular flexibility index (Phi) is 7.48. The van der Waals surface area contributed by atoms with Crippen molar-refractivity contribution in [2.45, 2.75) is 63.8 Å². The SMILES string of the molecule is CCc1cccc2oc(C(C#N)(OC3CCCCO3)C3CCN(CCc4ccccc4)CC3)nc12. The first kappa shape index (κ1) is 24.0. The number of fused-ring (bicyclic) bond motifs is 1. The highest BCUT2D eigenvalue weighted by Gasteiger charge is 2.49. The summed E-state index contributed by atoms with van der Waals surface area (Å²) in [5.41, 5.74) is 2.77. The van der Waals surface area contributed by atoms with Crippen LogP contribution in [0.15, 0.2) is 52.9 Å². The van der Waals surface area contributed by atoms with E-state index in [0.29, 0.717) is 18.1 Å². The molecule has 2 aromatic carbocycles. The van der Waals surface area contributed by atoms with Crippen molar-refractivity contribution >= 4 is 11.1 Å². The molecule has 3 heterocycles. The van der Waals surface area contributed by atoms with Crippen LogP contribution in [0.3, 0.4) is 0 Å². The van der Waals surface area contributed by atoms with Gasteiger partial charge in [-0.05, 0) is 75.2 Å². The van der Waals surface area contributed by atoms with Crippen LogP contribution in [0.5, 0.6) is 0 Å². The number of para-hydroxylation sites is 1. The molecule has 2 aliphatic heterocycles. The number of likely N-dealkylation sites (tertiary alicyclic amines) is 1. The minimum Gasteiger partial charge on any atom is -0.436 e. The van der Waals surface area contributed by atoms with Crippen LogP contribution in [0.4, 0.5) is 0 Å². The topological polar surface area (TPSA) is 71.5 Å². The molecule has 184 valence electrons. The number of benzene rings is 2. The maximum absolute atomic E-state index is 10.6. The molecule has 5 rings (SSSR count). The summed E-state index contributed by atoms with van der Waals surface area (Å²) < 4.78 is 18.8. The van der Waals surface area contributed by atoms with Gasteiger partial charge in [0.15, 0.2) is 11.9 Å². The van der Waals surface area contributed by atoms with Gasteiger partial charge in [-0.2, -0.15) is 5.26 Å². The van der Waals surface area contributed by atoms with Crippen LogP contribution in [0.1, 0.15) is 56.0 Å². The van der Waals surface area contributed by atoms with Crippen molar-refractivity contribution in [3.8, 4) is 6.07 Å². The third-order valence-corrected chi connectivity index (χ3v) is 7.54. The fourth-order valence-corrected chi connectivity index (χ4v) is 5.44. The first-order valence-corrected chi connectivity index (χ1v) is 13.1. The summed E-state index contributed by atoms with van der Waals surface area (Å²) >= 11 is 0. The second-order valence-electron chi connectivity index (χ2n) is 9.75. The molecule has 2 fully saturated rings. The highest BCUT2D eigenvalue weighted by Crippen LogP contribution is 2.42. The number of nitrogens with zero attached hydrogens (tertiary/aromatic N) is 3. The lowest BCUT2D eigenvalue weighted by Gasteiger charge is -2.40. The van der Waals surface area contributed by atoms with Crippen LogP contribution in [-0.2, 0) is 27.9 Å². The molecule has 2 atom stereocenters. The molecule has 0 aliphatic carbocycles. The first-order chi connectivity index (χ1) is 17.2. The van der Waals surface area contributed by atoms with Gasteiger partial charge in [-0.3, -0.25) is 0 Å². The van der Waals surface area contributed by atoms with Crippen molar-refractivity contribution < 1.29 is 13.9 Å². The number of nitriles is 1. The maximum Gasteiger partial charge on any atom is 0.243 e. The van der Waals surface area contributed by atoms with Gasteiger partial charge in [0.1, 0.15) is 11.6 Å². The lowest BCUT2D eigenvalue weighted by molar-refractivity contribution is -0.235. The molecule has 2 saturated heterocycles. The van der Waals surface area contributed by atoms with Crippen LogP contribution < -0.4 is 0 Å². The highest BCUT2D eigenvalue weighted by molar-refractivity contribution is 5.76. The number of piperidine rings is 1. The molecule has 2 aliphatic rings. The largest absolute Gasteiger partial charge is 0.436 e. The van der Waals surface area contributed by atoms with E-state index in [1.807, 2.05) is 12.1 Å². The molecular formula is C29H35N3O3. The lowest BCUT2D eigenvalue weighted by Crippen LogP contribution is -2.47. The Labute approximate surface area is 207 Å². The summed E-state index contributed by atoms with van der Waals surface area (Å²) in [5, 5.41) is 10.6. The Morgan fingerprint density at radius 1 is 1.09 bits per heavy atom. The van der Waals surface area contributed by atoms with Gasteiger partial charge in [0.25, 0.3) is 0 Å². The number of rotatable bonds is 8. The van der Waals surface area contributed by atoms with Crippen molar-refractivity contribution in [1.82, 2.24) is 9.88 Å². The molecule has 0 saturated carbocycles. The number of aromatic nitrogens is 1. The summed E-state index contributed by atoms with van der Waals surface area (Å²) in [6.07, 6.45) is 6.06. The van der Waals surface area contributed by atoms with E-state index in [1.54, 1.807) is 0 Å². The Balaban J connectivity index is 1.38. The van der Waals surface area contributed by atoms with E-state index < -0.39 is 11.9 Å². The third-order valence-electron chi connectivity index (χ3n) is 7.54. The fourth-order valence-electron chi connectivity index (χ4n) is 5.44. The molecule has 3 aromatic rings. The van der Waals surface area contributed by atoms with Crippen LogP contribution in [0, 0.1) is 17.2 Å². The quantitative estimate of drug-likeness (QED) is 0.424. The zero-order valence-electron chi connectivity index (χ0n) is 20.6. The van der Waals surface area contributed by atoms with Crippen molar-refractivity contribution in [2.75, 3.05) is 26.2 Å². The molecule has 1 aromatic heterocycles. The molecule has 2 unspecified atom stereocenters. The summed E-state index contributed by atoms with van der Waals surface area (Å²) in [6, 6.07) is 19.1. The van der Waals surface area contributed by atoms with Crippen molar-refractivity contribution in [2.24, 2.45) is 5.92 Å². The molecule has 0 N–H and O–H groups in total. The average Bonchev–Trinajstić information content (AvgIpc) is 3.37. The fraction of sp³-hybridized carbons (Fsp3) is 0.517. The normalized spacial score (nSPS) is 21.5. The van der Waals surface area contributed by atoms with Crippen LogP contribution in [0.25, 0.3) is 11.1 Å². The number of oxazole rings is 1. The van der Waals surface area contributed by atoms with Crippen LogP contribution in [0.2, 0.25) is 0 Å². The molecule has 6 heteroatoms. The Morgan fingerprint density at radius 2 is 1.91 bits per heavy atom. The van der Waals surface area contributed by atoms with E-state index in [2.05, 4.69) is 54.3 Å². The molecular weight excluding hydrogens is 438 g/mol. The Bertz CT molecular complexity index is 1140. The van der Waals surface area contributed by atoms with Gasteiger partial charge in [0, 0.05) is 19.1 Å². The molecule has 0 spiro atoms. The molecule has 0 bridgehead atoms. The lowest BCUT2D eigenvalue weighted by atomic mass is 9.80. The highest BCUT2D eigenvalue weighted by atomic mass is 16.7. The predicted octanol–water partition coefficient (Wildman–Crippen LogP) is 5.61. The van der Waals surface area contributed by atoms with E-state index in [9.17, 15) is 5.26 Å². The number of hydrogen-bond donors (Lipinski definition) is 0. The van der Waals surface area contributed by atoms with Crippen molar-refractivity contribution in [3.63, 3.8) is 0 Å². The summed E-state index contributed by atoms with van der Waals surface area (Å²) in [5.74, 6) is 0.372. The zero-order chi connectivity index (χ0) is 24.1. The van der Waals surface area contributed by atoms with E-state index >= 15 is 0 Å². The summed E-state index contributed by atoms with van der Waals surface area (Å²) in [7, 11) is 0. The molecule has 0 radical (unpaired) electrons. The van der Waals surface area contributed by atoms with Crippen molar-refractivity contribution in [3.05, 3.63) is 65.5 Å². The van der Waals surface area contributed by atoms with E-state index in [0.717, 1.165) is 75.7 Å². The van der Waals surface area contributed by atoms with Gasteiger partial charge in [0.2, 0.25) is 11.5 Å². The van der Waals surface area contributed by atoms with E-state index in [-0.39, 0.29) is 5.92 Å². The van der Waals surface area contributed by atoms with E-state index in [4.69, 9.17) is 18.9 Å². The second-order valence-corrected chi connectivity index (χ2v) is 9.75. The minimum atomic E-state index is -1.25. The van der Waals surface area contributed by atoms with Gasteiger partial charge in [-0.1, -0.05) is 49.4 Å². The van der Waals surface area contributed by atoms with Crippen LogP contribution >= 0.6 is 0 Å². The minimum absolute atomic E-state index is 0.0101. The van der Waals surface area contributed by atoms with Gasteiger partial charge >= 0.3 is 0 Å². The van der Waals surface area contributed by atoms with Gasteiger partial charge in [-0.25, -0.2) is 4.98 Å². The van der Waals surface area contributed by atoms with Gasteiger partial charge in [-0.15, -0.1) is 0 Å². The monoisotopic (exact) mass is 473 g/mol. The molecule has 35 heavy (non-hydrogen) atoms. The Hall–Kier alpha value is -2.72. The predicted molar refractivity (Wildman–Crippen MR) is 135 cm³/mol. The third kappa shape index (κ3) is 5.13. The maximum atomic E-state index is 10.6. The standard InChI is InChI=1S/C29H35N3O3/c1-2-23-11-8-12-25-27(23)31-28(34-25)29(21-30,35-26-13-6-7-20-33-26)24-15-18-32(19-16-24)17-14-22-9-4-3-5-10-22/h3-5,8-12,24,26H,2,6-7,13-20H2,1H3. The van der Waals surface area contributed by atoms with Gasteiger partial charge in [0.05, 0.1) is 0 Å². The van der Waals surface area contributed by atoms with Gasteiger partial charge < -0.3 is 18.8 Å². The number of aryl methyl sites for hydroxylation is 1. The Morgan fingerprint density at radius 3 is 2.63 bits per heavy atom.